The van der Waals surface area contributed by atoms with E-state index in [-0.39, 0.29) is 12.0 Å². The second-order valence-electron chi connectivity index (χ2n) is 7.25. The van der Waals surface area contributed by atoms with Crippen molar-refractivity contribution < 1.29 is 5.11 Å². The number of nitrogens with zero attached hydrogens (tertiary/aromatic N) is 1. The summed E-state index contributed by atoms with van der Waals surface area (Å²) < 4.78 is 0. The van der Waals surface area contributed by atoms with Crippen LogP contribution in [0.1, 0.15) is 30.4 Å². The number of hydrogen-bond donors (Lipinski definition) is 2. The smallest absolute Gasteiger partial charge is 0.0732 e. The zero-order valence-corrected chi connectivity index (χ0v) is 15.2. The van der Waals surface area contributed by atoms with Crippen LogP contribution in [0.2, 0.25) is 0 Å². The quantitative estimate of drug-likeness (QED) is 0.718. The third-order valence-corrected chi connectivity index (χ3v) is 5.58. The first-order chi connectivity index (χ1) is 12.7. The predicted molar refractivity (Wildman–Crippen MR) is 108 cm³/mol. The van der Waals surface area contributed by atoms with Crippen molar-refractivity contribution in [2.45, 2.75) is 25.4 Å². The molecule has 0 bridgehead atoms. The number of para-hydroxylation sites is 1. The minimum atomic E-state index is -0.347. The number of aromatic amines is 1. The Morgan fingerprint density at radius 2 is 1.85 bits per heavy atom. The minimum absolute atomic E-state index is 0.148. The summed E-state index contributed by atoms with van der Waals surface area (Å²) in [7, 11) is 0. The van der Waals surface area contributed by atoms with Crippen molar-refractivity contribution in [2.24, 2.45) is 0 Å². The molecular formula is C23H26N2O. The van der Waals surface area contributed by atoms with Crippen LogP contribution in [0, 0.1) is 0 Å². The number of benzene rings is 2. The van der Waals surface area contributed by atoms with Crippen molar-refractivity contribution in [3.05, 3.63) is 78.0 Å². The molecule has 3 heteroatoms. The Kier molecular flexibility index (Phi) is 4.91. The van der Waals surface area contributed by atoms with Crippen molar-refractivity contribution in [1.82, 2.24) is 9.88 Å². The summed E-state index contributed by atoms with van der Waals surface area (Å²) in [6.45, 7) is 4.71. The van der Waals surface area contributed by atoms with Crippen LogP contribution >= 0.6 is 0 Å². The highest BCUT2D eigenvalue weighted by molar-refractivity contribution is 5.92. The summed E-state index contributed by atoms with van der Waals surface area (Å²) in [5, 5.41) is 11.9. The third kappa shape index (κ3) is 3.46. The first kappa shape index (κ1) is 17.1. The maximum absolute atomic E-state index is 10.6. The Bertz CT molecular complexity index is 897. The standard InChI is InChI=1S/C23H26N2O/c1-17(18-7-3-2-4-8-18)23(26)16-25-13-11-19(12-14-25)21-15-24-22-10-6-5-9-20(21)22/h2-11,15,17,23-24,26H,12-14,16H2,1H3. The average Bonchev–Trinajstić information content (AvgIpc) is 3.13. The Labute approximate surface area is 155 Å². The maximum atomic E-state index is 10.6. The number of nitrogens with one attached hydrogen (secondary N) is 1. The lowest BCUT2D eigenvalue weighted by Gasteiger charge is -2.30. The summed E-state index contributed by atoms with van der Waals surface area (Å²) in [5.41, 5.74) is 5.12. The van der Waals surface area contributed by atoms with E-state index in [1.54, 1.807) is 0 Å². The van der Waals surface area contributed by atoms with Crippen LogP contribution in [-0.2, 0) is 0 Å². The van der Waals surface area contributed by atoms with E-state index in [1.807, 2.05) is 18.2 Å². The number of aromatic nitrogens is 1. The molecule has 1 aliphatic heterocycles. The number of hydrogen-bond acceptors (Lipinski definition) is 2. The molecule has 0 radical (unpaired) electrons. The molecule has 4 rings (SSSR count). The number of β-amino-alcohol motifs (C(OH)–C–C–N with tert-alkyl or cyclic N) is 1. The Morgan fingerprint density at radius 3 is 2.62 bits per heavy atom. The molecule has 2 aromatic carbocycles. The van der Waals surface area contributed by atoms with Crippen LogP contribution in [0.25, 0.3) is 16.5 Å². The molecule has 2 heterocycles. The molecule has 2 atom stereocenters. The molecule has 3 aromatic rings. The van der Waals surface area contributed by atoms with Gasteiger partial charge in [-0.25, -0.2) is 0 Å². The van der Waals surface area contributed by atoms with Crippen LogP contribution in [0.4, 0.5) is 0 Å². The molecule has 2 N–H and O–H groups in total. The predicted octanol–water partition coefficient (Wildman–Crippen LogP) is 4.42. The van der Waals surface area contributed by atoms with Gasteiger partial charge in [0.2, 0.25) is 0 Å². The number of rotatable bonds is 5. The highest BCUT2D eigenvalue weighted by Gasteiger charge is 2.21. The SMILES string of the molecule is CC(c1ccccc1)C(O)CN1CC=C(c2c[nH]c3ccccc23)CC1. The highest BCUT2D eigenvalue weighted by atomic mass is 16.3. The first-order valence-corrected chi connectivity index (χ1v) is 9.43. The van der Waals surface area contributed by atoms with E-state index < -0.39 is 0 Å². The molecule has 0 aliphatic carbocycles. The van der Waals surface area contributed by atoms with Crippen LogP contribution in [-0.4, -0.2) is 40.7 Å². The molecule has 0 amide bonds. The summed E-state index contributed by atoms with van der Waals surface area (Å²) in [6.07, 6.45) is 5.12. The number of aliphatic hydroxyl groups is 1. The lowest BCUT2D eigenvalue weighted by atomic mass is 9.94. The zero-order valence-electron chi connectivity index (χ0n) is 15.2. The summed E-state index contributed by atoms with van der Waals surface area (Å²) >= 11 is 0. The van der Waals surface area contributed by atoms with Crippen LogP contribution in [0.15, 0.2) is 66.9 Å². The molecule has 0 saturated carbocycles. The number of aliphatic hydroxyl groups excluding tert-OH is 1. The normalized spacial score (nSPS) is 17.8. The van der Waals surface area contributed by atoms with Crippen molar-refractivity contribution in [3.63, 3.8) is 0 Å². The molecule has 1 aliphatic rings. The van der Waals surface area contributed by atoms with Gasteiger partial charge < -0.3 is 10.1 Å². The van der Waals surface area contributed by atoms with Crippen LogP contribution in [0.3, 0.4) is 0 Å². The molecular weight excluding hydrogens is 320 g/mol. The molecule has 134 valence electrons. The van der Waals surface area contributed by atoms with Crippen LogP contribution < -0.4 is 0 Å². The molecule has 0 spiro atoms. The second-order valence-corrected chi connectivity index (χ2v) is 7.25. The van der Waals surface area contributed by atoms with Crippen molar-refractivity contribution in [2.75, 3.05) is 19.6 Å². The lowest BCUT2D eigenvalue weighted by Crippen LogP contribution is -2.37. The fourth-order valence-corrected chi connectivity index (χ4v) is 3.86. The average molecular weight is 346 g/mol. The van der Waals surface area contributed by atoms with E-state index >= 15 is 0 Å². The number of fused-ring (bicyclic) bond motifs is 1. The fourth-order valence-electron chi connectivity index (χ4n) is 3.86. The monoisotopic (exact) mass is 346 g/mol. The van der Waals surface area contributed by atoms with E-state index in [1.165, 1.54) is 27.6 Å². The number of H-pyrrole nitrogens is 1. The van der Waals surface area contributed by atoms with Gasteiger partial charge in [-0.2, -0.15) is 0 Å². The first-order valence-electron chi connectivity index (χ1n) is 9.43. The van der Waals surface area contributed by atoms with Crippen LogP contribution in [0.5, 0.6) is 0 Å². The molecule has 3 nitrogen and oxygen atoms in total. The fraction of sp³-hybridized carbons (Fsp3) is 0.304. The lowest BCUT2D eigenvalue weighted by molar-refractivity contribution is 0.0989. The van der Waals surface area contributed by atoms with E-state index in [0.717, 1.165) is 19.5 Å². The van der Waals surface area contributed by atoms with Gasteiger partial charge in [-0.05, 0) is 23.6 Å². The Balaban J connectivity index is 1.41. The molecule has 2 unspecified atom stereocenters. The van der Waals surface area contributed by atoms with Crippen molar-refractivity contribution in [3.8, 4) is 0 Å². The Hall–Kier alpha value is -2.36. The molecule has 0 saturated heterocycles. The topological polar surface area (TPSA) is 39.3 Å². The van der Waals surface area contributed by atoms with E-state index in [2.05, 4.69) is 65.5 Å². The summed E-state index contributed by atoms with van der Waals surface area (Å²) in [4.78, 5) is 5.72. The van der Waals surface area contributed by atoms with Crippen molar-refractivity contribution >= 4 is 16.5 Å². The zero-order chi connectivity index (χ0) is 17.9. The van der Waals surface area contributed by atoms with Gasteiger partial charge in [-0.1, -0.05) is 61.5 Å². The third-order valence-electron chi connectivity index (χ3n) is 5.58. The van der Waals surface area contributed by atoms with Gasteiger partial charge in [-0.3, -0.25) is 4.90 Å². The minimum Gasteiger partial charge on any atom is -0.391 e. The summed E-state index contributed by atoms with van der Waals surface area (Å²) in [6, 6.07) is 18.7. The van der Waals surface area contributed by atoms with Gasteiger partial charge in [-0.15, -0.1) is 0 Å². The molecule has 1 aromatic heterocycles. The van der Waals surface area contributed by atoms with Gasteiger partial charge in [0.1, 0.15) is 0 Å². The molecule has 26 heavy (non-hydrogen) atoms. The highest BCUT2D eigenvalue weighted by Crippen LogP contribution is 2.29. The van der Waals surface area contributed by atoms with Gasteiger partial charge in [0.25, 0.3) is 0 Å². The van der Waals surface area contributed by atoms with Gasteiger partial charge in [0, 0.05) is 48.2 Å². The van der Waals surface area contributed by atoms with Gasteiger partial charge in [0.15, 0.2) is 0 Å². The maximum Gasteiger partial charge on any atom is 0.0732 e. The van der Waals surface area contributed by atoms with E-state index in [0.29, 0.717) is 6.54 Å². The second kappa shape index (κ2) is 7.48. The van der Waals surface area contributed by atoms with Gasteiger partial charge >= 0.3 is 0 Å². The van der Waals surface area contributed by atoms with Gasteiger partial charge in [0.05, 0.1) is 6.10 Å². The summed E-state index contributed by atoms with van der Waals surface area (Å²) in [5.74, 6) is 0.148. The largest absolute Gasteiger partial charge is 0.391 e. The van der Waals surface area contributed by atoms with E-state index in [9.17, 15) is 5.11 Å². The molecule has 0 fully saturated rings. The van der Waals surface area contributed by atoms with E-state index in [4.69, 9.17) is 0 Å². The van der Waals surface area contributed by atoms with Crippen molar-refractivity contribution in [1.29, 1.82) is 0 Å². The Morgan fingerprint density at radius 1 is 1.08 bits per heavy atom.